The van der Waals surface area contributed by atoms with Crippen LogP contribution >= 0.6 is 0 Å². The van der Waals surface area contributed by atoms with E-state index >= 15 is 0 Å². The van der Waals surface area contributed by atoms with Gasteiger partial charge in [-0.25, -0.2) is 0 Å². The van der Waals surface area contributed by atoms with Crippen LogP contribution in [-0.2, 0) is 24.1 Å². The molecular weight excluding hydrogens is 369 g/mol. The van der Waals surface area contributed by atoms with Crippen molar-refractivity contribution >= 4 is 5.65 Å². The minimum atomic E-state index is -4.50. The smallest absolute Gasteiger partial charge is 0.377 e. The second-order valence-corrected chi connectivity index (χ2v) is 7.09. The summed E-state index contributed by atoms with van der Waals surface area (Å²) in [7, 11) is 1.47. The molecule has 28 heavy (non-hydrogen) atoms. The van der Waals surface area contributed by atoms with Crippen molar-refractivity contribution in [3.63, 3.8) is 0 Å². The summed E-state index contributed by atoms with van der Waals surface area (Å²) in [6.07, 6.45) is -2.19. The average molecular weight is 390 g/mol. The fourth-order valence-corrected chi connectivity index (χ4v) is 3.95. The maximum absolute atomic E-state index is 13.9. The third kappa shape index (κ3) is 3.62. The lowest BCUT2D eigenvalue weighted by atomic mass is 9.94. The number of pyridine rings is 1. The van der Waals surface area contributed by atoms with Gasteiger partial charge < -0.3 is 4.74 Å². The van der Waals surface area contributed by atoms with Crippen LogP contribution in [0.2, 0.25) is 0 Å². The highest BCUT2D eigenvalue weighted by Crippen LogP contribution is 2.40. The van der Waals surface area contributed by atoms with Crippen molar-refractivity contribution in [1.29, 1.82) is 0 Å². The van der Waals surface area contributed by atoms with Crippen molar-refractivity contribution in [3.8, 4) is 0 Å². The predicted molar refractivity (Wildman–Crippen MR) is 97.8 cm³/mol. The maximum Gasteiger partial charge on any atom is 0.420 e. The zero-order valence-corrected chi connectivity index (χ0v) is 15.5. The van der Waals surface area contributed by atoms with E-state index in [-0.39, 0.29) is 18.2 Å². The minimum absolute atomic E-state index is 0.103. The molecule has 5 nitrogen and oxygen atoms in total. The molecule has 148 valence electrons. The fourth-order valence-electron chi connectivity index (χ4n) is 3.95. The van der Waals surface area contributed by atoms with E-state index in [1.165, 1.54) is 11.5 Å². The first-order valence-corrected chi connectivity index (χ1v) is 9.16. The first-order chi connectivity index (χ1) is 13.5. The summed E-state index contributed by atoms with van der Waals surface area (Å²) in [4.78, 5) is 2.20. The molecule has 0 amide bonds. The molecule has 3 aromatic rings. The number of alkyl halides is 3. The Hall–Kier alpha value is -2.45. The molecule has 1 aromatic carbocycles. The number of benzene rings is 1. The summed E-state index contributed by atoms with van der Waals surface area (Å²) < 4.78 is 48.2. The van der Waals surface area contributed by atoms with Gasteiger partial charge in [0.2, 0.25) is 0 Å². The van der Waals surface area contributed by atoms with Gasteiger partial charge in [-0.3, -0.25) is 9.30 Å². The lowest BCUT2D eigenvalue weighted by molar-refractivity contribution is -0.137. The zero-order chi connectivity index (χ0) is 19.7. The van der Waals surface area contributed by atoms with Crippen LogP contribution in [-0.4, -0.2) is 39.7 Å². The standard InChI is InChI=1S/C20H21F3N4O/c1-28-13-17-24-25-19-18(20(21,22)23)16(8-10-27(17)19)15-7-9-26(12-15)11-14-5-3-2-4-6-14/h2-6,8,10,15H,7,9,11-13H2,1H3. The number of likely N-dealkylation sites (tertiary alicyclic amines) is 1. The van der Waals surface area contributed by atoms with Crippen molar-refractivity contribution < 1.29 is 17.9 Å². The minimum Gasteiger partial charge on any atom is -0.377 e. The van der Waals surface area contributed by atoms with E-state index in [1.54, 1.807) is 12.3 Å². The molecule has 4 rings (SSSR count). The summed E-state index contributed by atoms with van der Waals surface area (Å²) >= 11 is 0. The van der Waals surface area contributed by atoms with Gasteiger partial charge in [-0.2, -0.15) is 13.2 Å². The van der Waals surface area contributed by atoms with Crippen LogP contribution in [0.4, 0.5) is 13.2 Å². The summed E-state index contributed by atoms with van der Waals surface area (Å²) in [6.45, 7) is 2.20. The lowest BCUT2D eigenvalue weighted by Gasteiger charge is -2.20. The van der Waals surface area contributed by atoms with E-state index in [0.717, 1.165) is 18.7 Å². The number of nitrogens with zero attached hydrogens (tertiary/aromatic N) is 4. The van der Waals surface area contributed by atoms with Gasteiger partial charge in [-0.15, -0.1) is 10.2 Å². The molecular formula is C20H21F3N4O. The monoisotopic (exact) mass is 390 g/mol. The largest absolute Gasteiger partial charge is 0.420 e. The number of methoxy groups -OCH3 is 1. The van der Waals surface area contributed by atoms with E-state index < -0.39 is 11.7 Å². The Morgan fingerprint density at radius 1 is 1.14 bits per heavy atom. The molecule has 1 fully saturated rings. The van der Waals surface area contributed by atoms with E-state index in [2.05, 4.69) is 15.1 Å². The van der Waals surface area contributed by atoms with Crippen LogP contribution in [0.5, 0.6) is 0 Å². The quantitative estimate of drug-likeness (QED) is 0.663. The molecule has 2 aromatic heterocycles. The fraction of sp³-hybridized carbons (Fsp3) is 0.400. The van der Waals surface area contributed by atoms with Crippen molar-refractivity contribution in [1.82, 2.24) is 19.5 Å². The summed E-state index contributed by atoms with van der Waals surface area (Å²) in [5, 5.41) is 7.70. The lowest BCUT2D eigenvalue weighted by Crippen LogP contribution is -2.21. The Morgan fingerprint density at radius 2 is 1.93 bits per heavy atom. The van der Waals surface area contributed by atoms with Crippen LogP contribution in [0.15, 0.2) is 42.6 Å². The van der Waals surface area contributed by atoms with Gasteiger partial charge in [0.05, 0.1) is 0 Å². The van der Waals surface area contributed by atoms with Gasteiger partial charge in [0.1, 0.15) is 12.2 Å². The highest BCUT2D eigenvalue weighted by molar-refractivity contribution is 5.55. The Kier molecular flexibility index (Phi) is 5.07. The van der Waals surface area contributed by atoms with Crippen molar-refractivity contribution in [2.24, 2.45) is 0 Å². The molecule has 1 aliphatic heterocycles. The van der Waals surface area contributed by atoms with Gasteiger partial charge in [-0.1, -0.05) is 30.3 Å². The Bertz CT molecular complexity index is 955. The van der Waals surface area contributed by atoms with E-state index in [0.29, 0.717) is 24.4 Å². The average Bonchev–Trinajstić information content (AvgIpc) is 3.28. The van der Waals surface area contributed by atoms with E-state index in [4.69, 9.17) is 4.74 Å². The second kappa shape index (κ2) is 7.52. The molecule has 0 saturated carbocycles. The van der Waals surface area contributed by atoms with Crippen molar-refractivity contribution in [2.75, 3.05) is 20.2 Å². The zero-order valence-electron chi connectivity index (χ0n) is 15.5. The Balaban J connectivity index is 1.65. The Labute approximate surface area is 160 Å². The number of rotatable bonds is 5. The van der Waals surface area contributed by atoms with Crippen LogP contribution in [0.1, 0.15) is 34.9 Å². The van der Waals surface area contributed by atoms with Gasteiger partial charge >= 0.3 is 6.18 Å². The molecule has 0 spiro atoms. The summed E-state index contributed by atoms with van der Waals surface area (Å²) in [5.41, 5.74) is 0.623. The highest BCUT2D eigenvalue weighted by atomic mass is 19.4. The van der Waals surface area contributed by atoms with Crippen LogP contribution in [0, 0.1) is 0 Å². The van der Waals surface area contributed by atoms with Gasteiger partial charge in [0, 0.05) is 26.4 Å². The number of fused-ring (bicyclic) bond motifs is 1. The SMILES string of the molecule is COCc1nnc2c(C(F)(F)F)c(C3CCN(Cc4ccccc4)C3)ccn12. The third-order valence-corrected chi connectivity index (χ3v) is 5.20. The third-order valence-electron chi connectivity index (χ3n) is 5.20. The summed E-state index contributed by atoms with van der Waals surface area (Å²) in [5.74, 6) is 0.166. The summed E-state index contributed by atoms with van der Waals surface area (Å²) in [6, 6.07) is 11.5. The first-order valence-electron chi connectivity index (χ1n) is 9.16. The highest BCUT2D eigenvalue weighted by Gasteiger charge is 2.40. The molecule has 0 radical (unpaired) electrons. The topological polar surface area (TPSA) is 42.7 Å². The molecule has 0 aliphatic carbocycles. The first kappa shape index (κ1) is 18.9. The van der Waals surface area contributed by atoms with E-state index in [9.17, 15) is 13.2 Å². The molecule has 3 heterocycles. The molecule has 0 N–H and O–H groups in total. The van der Waals surface area contributed by atoms with Crippen LogP contribution in [0.25, 0.3) is 5.65 Å². The van der Waals surface area contributed by atoms with Gasteiger partial charge in [-0.05, 0) is 36.1 Å². The number of ether oxygens (including phenoxy) is 1. The van der Waals surface area contributed by atoms with Gasteiger partial charge in [0.25, 0.3) is 0 Å². The number of hydrogen-bond donors (Lipinski definition) is 0. The normalized spacial score (nSPS) is 18.2. The number of hydrogen-bond acceptors (Lipinski definition) is 4. The second-order valence-electron chi connectivity index (χ2n) is 7.09. The number of halogens is 3. The van der Waals surface area contributed by atoms with Crippen molar-refractivity contribution in [3.05, 3.63) is 65.1 Å². The maximum atomic E-state index is 13.9. The van der Waals surface area contributed by atoms with Crippen LogP contribution in [0.3, 0.4) is 0 Å². The Morgan fingerprint density at radius 3 is 2.64 bits per heavy atom. The van der Waals surface area contributed by atoms with Gasteiger partial charge in [0.15, 0.2) is 11.5 Å². The molecule has 8 heteroatoms. The molecule has 0 bridgehead atoms. The van der Waals surface area contributed by atoms with Crippen LogP contribution < -0.4 is 0 Å². The molecule has 1 aliphatic rings. The van der Waals surface area contributed by atoms with E-state index in [1.807, 2.05) is 30.3 Å². The molecule has 1 unspecified atom stereocenters. The number of aromatic nitrogens is 3. The predicted octanol–water partition coefficient (Wildman–Crippen LogP) is 3.88. The molecule has 1 atom stereocenters. The van der Waals surface area contributed by atoms with Crippen molar-refractivity contribution in [2.45, 2.75) is 31.7 Å². The molecule has 1 saturated heterocycles.